The highest BCUT2D eigenvalue weighted by molar-refractivity contribution is 5.92. The Bertz CT molecular complexity index is 606. The Morgan fingerprint density at radius 2 is 1.91 bits per heavy atom. The predicted octanol–water partition coefficient (Wildman–Crippen LogP) is 2.99. The molecule has 0 aromatic heterocycles. The van der Waals surface area contributed by atoms with Crippen LogP contribution in [0.15, 0.2) is 11.6 Å². The zero-order valence-electron chi connectivity index (χ0n) is 13.7. The average Bonchev–Trinajstić information content (AvgIpc) is 2.84. The number of carbonyl (C=O) groups excluding carboxylic acids is 3. The minimum absolute atomic E-state index is 0.153. The number of rotatable bonds is 2. The maximum atomic E-state index is 12.4. The van der Waals surface area contributed by atoms with Crippen molar-refractivity contribution in [3.63, 3.8) is 0 Å². The topological polar surface area (TPSA) is 60.4 Å². The Hall–Kier alpha value is -1.45. The highest BCUT2D eigenvalue weighted by Gasteiger charge is 2.61. The van der Waals surface area contributed by atoms with Crippen molar-refractivity contribution in [2.24, 2.45) is 23.2 Å². The molecule has 4 aliphatic carbocycles. The van der Waals surface area contributed by atoms with Crippen molar-refractivity contribution in [2.75, 3.05) is 0 Å². The van der Waals surface area contributed by atoms with E-state index in [1.807, 2.05) is 0 Å². The molecule has 4 rings (SSSR count). The lowest BCUT2D eigenvalue weighted by molar-refractivity contribution is -0.164. The smallest absolute Gasteiger partial charge is 0.293 e. The van der Waals surface area contributed by atoms with Gasteiger partial charge in [0.25, 0.3) is 6.47 Å². The molecule has 0 unspecified atom stereocenters. The highest BCUT2D eigenvalue weighted by atomic mass is 16.5. The summed E-state index contributed by atoms with van der Waals surface area (Å²) in [5.74, 6) is 1.70. The van der Waals surface area contributed by atoms with Gasteiger partial charge in [-0.3, -0.25) is 14.4 Å². The van der Waals surface area contributed by atoms with Gasteiger partial charge >= 0.3 is 0 Å². The molecule has 0 bridgehead atoms. The summed E-state index contributed by atoms with van der Waals surface area (Å²) in [6.45, 7) is 2.71. The molecule has 0 radical (unpaired) electrons. The van der Waals surface area contributed by atoms with Gasteiger partial charge in [-0.25, -0.2) is 0 Å². The van der Waals surface area contributed by atoms with Gasteiger partial charge in [-0.05, 0) is 62.0 Å². The molecular formula is C19H24O4. The molecule has 4 nitrogen and oxygen atoms in total. The second-order valence-electron chi connectivity index (χ2n) is 8.07. The van der Waals surface area contributed by atoms with Crippen LogP contribution in [0.3, 0.4) is 0 Å². The van der Waals surface area contributed by atoms with Crippen LogP contribution in [0.4, 0.5) is 0 Å². The van der Waals surface area contributed by atoms with Gasteiger partial charge in [0.2, 0.25) is 0 Å². The first kappa shape index (κ1) is 15.1. The van der Waals surface area contributed by atoms with Gasteiger partial charge in [-0.1, -0.05) is 6.92 Å². The van der Waals surface area contributed by atoms with Crippen LogP contribution in [0.1, 0.15) is 58.3 Å². The van der Waals surface area contributed by atoms with E-state index in [1.54, 1.807) is 6.08 Å². The standard InChI is InChI=1S/C19H24O4/c1-18-8-7-16-14(15(18)4-5-17(18)22)3-2-12-10-13(21)6-9-19(12,16)23-11-20/h10-11,14-16H,2-9H2,1H3/t14-,15-,16-,18-,19+/m0/s1. The summed E-state index contributed by atoms with van der Waals surface area (Å²) < 4.78 is 5.71. The van der Waals surface area contributed by atoms with Gasteiger partial charge in [0.05, 0.1) is 0 Å². The molecule has 3 saturated carbocycles. The second-order valence-corrected chi connectivity index (χ2v) is 8.07. The zero-order valence-corrected chi connectivity index (χ0v) is 13.7. The second kappa shape index (κ2) is 5.02. The molecule has 4 aliphatic rings. The van der Waals surface area contributed by atoms with E-state index >= 15 is 0 Å². The first-order valence-corrected chi connectivity index (χ1v) is 8.90. The van der Waals surface area contributed by atoms with Crippen LogP contribution in [-0.4, -0.2) is 23.6 Å². The Balaban J connectivity index is 1.74. The minimum atomic E-state index is -0.578. The molecule has 0 aliphatic heterocycles. The van der Waals surface area contributed by atoms with Crippen LogP contribution in [0.2, 0.25) is 0 Å². The lowest BCUT2D eigenvalue weighted by atomic mass is 9.50. The normalized spacial score (nSPS) is 45.6. The number of hydrogen-bond donors (Lipinski definition) is 0. The van der Waals surface area contributed by atoms with Gasteiger partial charge < -0.3 is 4.74 Å². The molecule has 0 N–H and O–H groups in total. The monoisotopic (exact) mass is 316 g/mol. The molecule has 124 valence electrons. The maximum Gasteiger partial charge on any atom is 0.293 e. The van der Waals surface area contributed by atoms with Crippen molar-refractivity contribution in [1.29, 1.82) is 0 Å². The Morgan fingerprint density at radius 1 is 1.09 bits per heavy atom. The highest BCUT2D eigenvalue weighted by Crippen LogP contribution is 2.62. The lowest BCUT2D eigenvalue weighted by Crippen LogP contribution is -2.56. The fourth-order valence-corrected chi connectivity index (χ4v) is 6.24. The van der Waals surface area contributed by atoms with Crippen molar-refractivity contribution in [3.05, 3.63) is 11.6 Å². The number of carbonyl (C=O) groups is 3. The first-order valence-electron chi connectivity index (χ1n) is 8.90. The van der Waals surface area contributed by atoms with Gasteiger partial charge in [-0.2, -0.15) is 0 Å². The largest absolute Gasteiger partial charge is 0.456 e. The average molecular weight is 316 g/mol. The van der Waals surface area contributed by atoms with Crippen molar-refractivity contribution in [1.82, 2.24) is 0 Å². The molecule has 23 heavy (non-hydrogen) atoms. The molecule has 4 heteroatoms. The Kier molecular flexibility index (Phi) is 3.30. The summed E-state index contributed by atoms with van der Waals surface area (Å²) in [7, 11) is 0. The van der Waals surface area contributed by atoms with Crippen LogP contribution in [0.25, 0.3) is 0 Å². The van der Waals surface area contributed by atoms with Crippen molar-refractivity contribution in [3.8, 4) is 0 Å². The quantitative estimate of drug-likeness (QED) is 0.735. The molecule has 0 aromatic rings. The van der Waals surface area contributed by atoms with E-state index in [9.17, 15) is 14.4 Å². The molecular weight excluding hydrogens is 292 g/mol. The van der Waals surface area contributed by atoms with Crippen LogP contribution >= 0.6 is 0 Å². The zero-order chi connectivity index (χ0) is 16.2. The van der Waals surface area contributed by atoms with Gasteiger partial charge in [0, 0.05) is 24.2 Å². The maximum absolute atomic E-state index is 12.4. The third-order valence-corrected chi connectivity index (χ3v) is 7.37. The third kappa shape index (κ3) is 1.93. The van der Waals surface area contributed by atoms with Crippen LogP contribution in [-0.2, 0) is 19.1 Å². The first-order chi connectivity index (χ1) is 11.0. The van der Waals surface area contributed by atoms with Gasteiger partial charge in [-0.15, -0.1) is 0 Å². The van der Waals surface area contributed by atoms with E-state index in [0.717, 1.165) is 37.7 Å². The summed E-state index contributed by atoms with van der Waals surface area (Å²) in [5.41, 5.74) is 0.274. The minimum Gasteiger partial charge on any atom is -0.456 e. The molecule has 0 aromatic carbocycles. The fourth-order valence-electron chi connectivity index (χ4n) is 6.24. The van der Waals surface area contributed by atoms with Gasteiger partial charge in [0.15, 0.2) is 5.78 Å². The van der Waals surface area contributed by atoms with E-state index in [-0.39, 0.29) is 17.1 Å². The molecule has 3 fully saturated rings. The summed E-state index contributed by atoms with van der Waals surface area (Å²) in [4.78, 5) is 35.5. The van der Waals surface area contributed by atoms with Crippen LogP contribution < -0.4 is 0 Å². The lowest BCUT2D eigenvalue weighted by Gasteiger charge is -2.56. The number of hydrogen-bond acceptors (Lipinski definition) is 4. The summed E-state index contributed by atoms with van der Waals surface area (Å²) in [6.07, 6.45) is 8.14. The Morgan fingerprint density at radius 3 is 2.70 bits per heavy atom. The number of ketones is 2. The van der Waals surface area contributed by atoms with E-state index in [4.69, 9.17) is 4.74 Å². The Labute approximate surface area is 136 Å². The predicted molar refractivity (Wildman–Crippen MR) is 83.5 cm³/mol. The molecule has 0 saturated heterocycles. The van der Waals surface area contributed by atoms with E-state index < -0.39 is 5.60 Å². The number of fused-ring (bicyclic) bond motifs is 5. The molecule has 5 atom stereocenters. The number of ether oxygens (including phenoxy) is 1. The third-order valence-electron chi connectivity index (χ3n) is 7.37. The summed E-state index contributed by atoms with van der Waals surface area (Å²) >= 11 is 0. The van der Waals surface area contributed by atoms with E-state index in [0.29, 0.717) is 43.4 Å². The van der Waals surface area contributed by atoms with Crippen LogP contribution in [0, 0.1) is 23.2 Å². The van der Waals surface area contributed by atoms with E-state index in [2.05, 4.69) is 6.92 Å². The summed E-state index contributed by atoms with van der Waals surface area (Å²) in [5, 5.41) is 0. The van der Waals surface area contributed by atoms with Crippen molar-refractivity contribution < 1.29 is 19.1 Å². The molecule has 0 heterocycles. The molecule has 0 spiro atoms. The fraction of sp³-hybridized carbons (Fsp3) is 0.737. The molecule has 0 amide bonds. The van der Waals surface area contributed by atoms with Gasteiger partial charge in [0.1, 0.15) is 11.4 Å². The van der Waals surface area contributed by atoms with E-state index in [1.165, 1.54) is 0 Å². The van der Waals surface area contributed by atoms with Crippen molar-refractivity contribution >= 4 is 18.0 Å². The SMILES string of the molecule is C[C@]12CC[C@H]3[C@@H](CCC4=CC(=O)CC[C@@]43OC=O)[C@@H]1CCC2=O. The van der Waals surface area contributed by atoms with Crippen molar-refractivity contribution in [2.45, 2.75) is 63.9 Å². The van der Waals surface area contributed by atoms with Crippen LogP contribution in [0.5, 0.6) is 0 Å². The summed E-state index contributed by atoms with van der Waals surface area (Å²) in [6, 6.07) is 0. The number of Topliss-reactive ketones (excluding diaryl/α,β-unsaturated/α-hetero) is 1.